The van der Waals surface area contributed by atoms with Gasteiger partial charge in [0.05, 0.1) is 17.2 Å². The van der Waals surface area contributed by atoms with Crippen LogP contribution < -0.4 is 4.74 Å². The maximum Gasteiger partial charge on any atom is 0.134 e. The van der Waals surface area contributed by atoms with E-state index < -0.39 is 0 Å². The van der Waals surface area contributed by atoms with E-state index in [0.29, 0.717) is 35.3 Å². The van der Waals surface area contributed by atoms with E-state index in [4.69, 9.17) is 21.1 Å². The fourth-order valence-electron chi connectivity index (χ4n) is 8.72. The van der Waals surface area contributed by atoms with E-state index in [0.717, 1.165) is 63.2 Å². The normalized spacial score (nSPS) is 33.4. The van der Waals surface area contributed by atoms with Crippen LogP contribution in [0.5, 0.6) is 11.5 Å². The maximum absolute atomic E-state index is 10.4. The average Bonchev–Trinajstić information content (AvgIpc) is 3.54. The summed E-state index contributed by atoms with van der Waals surface area (Å²) < 4.78 is 12.7. The number of benzene rings is 2. The third kappa shape index (κ3) is 4.10. The molecule has 204 valence electrons. The molecule has 2 fully saturated rings. The molecule has 6 rings (SSSR count). The number of ether oxygens (including phenoxy) is 2. The average molecular weight is 536 g/mol. The van der Waals surface area contributed by atoms with Crippen LogP contribution in [-0.2, 0) is 11.2 Å². The molecular formula is C33H42ClNO3. The summed E-state index contributed by atoms with van der Waals surface area (Å²) in [5.41, 5.74) is 3.84. The van der Waals surface area contributed by atoms with Crippen molar-refractivity contribution < 1.29 is 14.6 Å². The van der Waals surface area contributed by atoms with Crippen LogP contribution in [0.25, 0.3) is 0 Å². The van der Waals surface area contributed by atoms with Crippen LogP contribution in [0.15, 0.2) is 48.6 Å². The Hall–Kier alpha value is -2.01. The molecule has 4 nitrogen and oxygen atoms in total. The van der Waals surface area contributed by atoms with E-state index in [1.807, 2.05) is 0 Å². The zero-order valence-corrected chi connectivity index (χ0v) is 23.8. The number of fused-ring (bicyclic) bond motifs is 6. The molecule has 0 radical (unpaired) electrons. The Morgan fingerprint density at radius 2 is 1.89 bits per heavy atom. The van der Waals surface area contributed by atoms with E-state index in [1.54, 1.807) is 6.07 Å². The molecule has 3 aliphatic carbocycles. The summed E-state index contributed by atoms with van der Waals surface area (Å²) in [4.78, 5) is 2.38. The van der Waals surface area contributed by atoms with Crippen molar-refractivity contribution in [3.63, 3.8) is 0 Å². The largest absolute Gasteiger partial charge is 0.506 e. The van der Waals surface area contributed by atoms with Crippen molar-refractivity contribution >= 4 is 11.6 Å². The van der Waals surface area contributed by atoms with Crippen LogP contribution in [-0.4, -0.2) is 48.5 Å². The highest BCUT2D eigenvalue weighted by atomic mass is 35.5. The van der Waals surface area contributed by atoms with E-state index in [1.165, 1.54) is 17.5 Å². The lowest BCUT2D eigenvalue weighted by atomic mass is 9.49. The first-order valence-electron chi connectivity index (χ1n) is 14.7. The van der Waals surface area contributed by atoms with Crippen LogP contribution >= 0.6 is 11.6 Å². The molecule has 1 spiro atoms. The quantitative estimate of drug-likeness (QED) is 0.376. The smallest absolute Gasteiger partial charge is 0.134 e. The van der Waals surface area contributed by atoms with Gasteiger partial charge >= 0.3 is 0 Å². The molecule has 38 heavy (non-hydrogen) atoms. The predicted octanol–water partition coefficient (Wildman–Crippen LogP) is 7.34. The summed E-state index contributed by atoms with van der Waals surface area (Å²) in [7, 11) is 0. The minimum atomic E-state index is -0.138. The number of rotatable bonds is 7. The van der Waals surface area contributed by atoms with Crippen molar-refractivity contribution in [2.24, 2.45) is 17.3 Å². The highest BCUT2D eigenvalue weighted by Crippen LogP contribution is 2.69. The van der Waals surface area contributed by atoms with Crippen molar-refractivity contribution in [2.45, 2.75) is 70.3 Å². The third-order valence-electron chi connectivity index (χ3n) is 10.7. The van der Waals surface area contributed by atoms with E-state index in [-0.39, 0.29) is 16.8 Å². The third-order valence-corrected chi connectivity index (χ3v) is 11.1. The van der Waals surface area contributed by atoms with Crippen molar-refractivity contribution in [1.82, 2.24) is 4.90 Å². The molecule has 2 aromatic rings. The highest BCUT2D eigenvalue weighted by Gasteiger charge is 2.64. The Balaban J connectivity index is 1.34. The van der Waals surface area contributed by atoms with Crippen molar-refractivity contribution in [3.8, 4) is 11.5 Å². The monoisotopic (exact) mass is 535 g/mol. The molecule has 5 heteroatoms. The lowest BCUT2D eigenvalue weighted by Gasteiger charge is -2.56. The van der Waals surface area contributed by atoms with Crippen LogP contribution in [0.3, 0.4) is 0 Å². The minimum absolute atomic E-state index is 0.100. The van der Waals surface area contributed by atoms with Gasteiger partial charge in [-0.25, -0.2) is 0 Å². The number of phenols is 1. The van der Waals surface area contributed by atoms with Crippen molar-refractivity contribution in [2.75, 3.05) is 32.8 Å². The Morgan fingerprint density at radius 3 is 2.61 bits per heavy atom. The second-order valence-electron chi connectivity index (χ2n) is 12.1. The number of halogens is 1. The summed E-state index contributed by atoms with van der Waals surface area (Å²) in [5, 5.41) is 10.9. The minimum Gasteiger partial charge on any atom is -0.506 e. The predicted molar refractivity (Wildman–Crippen MR) is 153 cm³/mol. The van der Waals surface area contributed by atoms with Gasteiger partial charge in [0.15, 0.2) is 0 Å². The fraction of sp³-hybridized carbons (Fsp3) is 0.576. The Bertz CT molecular complexity index is 1190. The lowest BCUT2D eigenvalue weighted by molar-refractivity contribution is -0.101. The van der Waals surface area contributed by atoms with Gasteiger partial charge in [-0.05, 0) is 104 Å². The molecule has 2 saturated carbocycles. The zero-order valence-electron chi connectivity index (χ0n) is 23.1. The summed E-state index contributed by atoms with van der Waals surface area (Å²) in [6, 6.07) is 12.9. The van der Waals surface area contributed by atoms with Gasteiger partial charge < -0.3 is 19.5 Å². The van der Waals surface area contributed by atoms with Crippen LogP contribution in [0.2, 0.25) is 5.02 Å². The van der Waals surface area contributed by atoms with Gasteiger partial charge in [-0.3, -0.25) is 0 Å². The second-order valence-corrected chi connectivity index (χ2v) is 12.5. The SMILES string of the molecule is CCN(CC)CCOc1ccc([C@H]2C[C@@]3(C)[C@@H](CC[C@@]34C=CCO4)[C@@H]3CCc4c(ccc(O)c4Cl)[C@H]32)cc1. The standard InChI is InChI=1S/C33H42ClNO3/c1-4-35(5-2)18-20-37-23-9-7-22(8-10-23)27-21-32(3)28(15-17-33(32)16-6-19-38-33)26-12-11-25-24(30(26)27)13-14-29(36)31(25)34/h6-10,13-14,16,26-28,30,36H,4-5,11-12,15,17-21H2,1-3H3/t26-,27+,28-,30+,32-,33-/m0/s1. The van der Waals surface area contributed by atoms with Gasteiger partial charge in [-0.1, -0.05) is 62.7 Å². The molecular weight excluding hydrogens is 494 g/mol. The molecule has 0 bridgehead atoms. The van der Waals surface area contributed by atoms with Crippen molar-refractivity contribution in [3.05, 3.63) is 70.3 Å². The molecule has 0 amide bonds. The zero-order chi connectivity index (χ0) is 26.5. The summed E-state index contributed by atoms with van der Waals surface area (Å²) in [6.45, 7) is 11.4. The highest BCUT2D eigenvalue weighted by molar-refractivity contribution is 6.32. The fourth-order valence-corrected chi connectivity index (χ4v) is 8.99. The first-order valence-corrected chi connectivity index (χ1v) is 15.1. The molecule has 1 aliphatic heterocycles. The van der Waals surface area contributed by atoms with E-state index in [2.05, 4.69) is 68.2 Å². The van der Waals surface area contributed by atoms with Crippen LogP contribution in [0.1, 0.15) is 75.0 Å². The summed E-state index contributed by atoms with van der Waals surface area (Å²) in [6.07, 6.45) is 10.1. The van der Waals surface area contributed by atoms with Gasteiger partial charge in [0.2, 0.25) is 0 Å². The van der Waals surface area contributed by atoms with E-state index >= 15 is 0 Å². The first kappa shape index (κ1) is 26.2. The Labute approximate surface area is 233 Å². The van der Waals surface area contributed by atoms with Gasteiger partial charge in [0.25, 0.3) is 0 Å². The Morgan fingerprint density at radius 1 is 1.11 bits per heavy atom. The summed E-state index contributed by atoms with van der Waals surface area (Å²) in [5.74, 6) is 3.09. The first-order chi connectivity index (χ1) is 18.4. The molecule has 6 atom stereocenters. The van der Waals surface area contributed by atoms with Crippen molar-refractivity contribution in [1.29, 1.82) is 0 Å². The molecule has 0 saturated heterocycles. The molecule has 0 unspecified atom stereocenters. The van der Waals surface area contributed by atoms with Crippen LogP contribution in [0.4, 0.5) is 0 Å². The molecule has 0 aromatic heterocycles. The van der Waals surface area contributed by atoms with Gasteiger partial charge in [-0.15, -0.1) is 0 Å². The summed E-state index contributed by atoms with van der Waals surface area (Å²) >= 11 is 6.69. The van der Waals surface area contributed by atoms with Gasteiger partial charge in [0.1, 0.15) is 18.1 Å². The Kier molecular flexibility index (Phi) is 7.03. The van der Waals surface area contributed by atoms with Gasteiger partial charge in [0, 0.05) is 12.0 Å². The number of hydrogen-bond acceptors (Lipinski definition) is 4. The number of nitrogens with zero attached hydrogens (tertiary/aromatic N) is 1. The number of likely N-dealkylation sites (N-methyl/N-ethyl adjacent to an activating group) is 1. The molecule has 4 aliphatic rings. The van der Waals surface area contributed by atoms with Gasteiger partial charge in [-0.2, -0.15) is 0 Å². The number of hydrogen-bond donors (Lipinski definition) is 1. The molecule has 1 heterocycles. The topological polar surface area (TPSA) is 41.9 Å². The van der Waals surface area contributed by atoms with E-state index in [9.17, 15) is 5.11 Å². The van der Waals surface area contributed by atoms with Crippen LogP contribution in [0, 0.1) is 17.3 Å². The molecule has 1 N–H and O–H groups in total. The maximum atomic E-state index is 10.4. The second kappa shape index (κ2) is 10.2. The number of phenolic OH excluding ortho intramolecular Hbond substituents is 1. The lowest BCUT2D eigenvalue weighted by Crippen LogP contribution is -2.52. The molecule has 2 aromatic carbocycles. The number of aromatic hydroxyl groups is 1.